The molecular formula is C14H28N2. The minimum absolute atomic E-state index is 0.642. The molecule has 0 aromatic heterocycles. The fraction of sp³-hybridized carbons (Fsp3) is 1.00. The Labute approximate surface area is 101 Å². The minimum atomic E-state index is 0.642. The molecule has 0 amide bonds. The Morgan fingerprint density at radius 2 is 1.88 bits per heavy atom. The molecule has 1 atom stereocenters. The summed E-state index contributed by atoms with van der Waals surface area (Å²) in [5.41, 5.74) is 0. The molecule has 2 rings (SSSR count). The van der Waals surface area contributed by atoms with Gasteiger partial charge in [-0.3, -0.25) is 0 Å². The van der Waals surface area contributed by atoms with E-state index in [4.69, 9.17) is 0 Å². The number of likely N-dealkylation sites (tertiary alicyclic amines) is 1. The summed E-state index contributed by atoms with van der Waals surface area (Å²) in [6, 6.07) is 1.57. The summed E-state index contributed by atoms with van der Waals surface area (Å²) in [5, 5.41) is 3.58. The van der Waals surface area contributed by atoms with Crippen molar-refractivity contribution in [2.45, 2.75) is 64.5 Å². The molecular weight excluding hydrogens is 196 g/mol. The standard InChI is InChI=1S/C14H28N2/c1-12(2)15-10-13-8-9-16(11-13)14-6-4-3-5-7-14/h12-15H,3-11H2,1-2H3. The van der Waals surface area contributed by atoms with E-state index in [1.54, 1.807) is 0 Å². The van der Waals surface area contributed by atoms with Gasteiger partial charge in [-0.05, 0) is 38.3 Å². The molecule has 1 saturated heterocycles. The summed E-state index contributed by atoms with van der Waals surface area (Å²) in [6.45, 7) is 8.42. The molecule has 94 valence electrons. The number of rotatable bonds is 4. The largest absolute Gasteiger partial charge is 0.314 e. The lowest BCUT2D eigenvalue weighted by molar-refractivity contribution is 0.184. The van der Waals surface area contributed by atoms with Crippen LogP contribution >= 0.6 is 0 Å². The molecule has 1 N–H and O–H groups in total. The van der Waals surface area contributed by atoms with E-state index < -0.39 is 0 Å². The Bertz CT molecular complexity index is 197. The van der Waals surface area contributed by atoms with Crippen molar-refractivity contribution in [2.24, 2.45) is 5.92 Å². The molecule has 2 heteroatoms. The van der Waals surface area contributed by atoms with Gasteiger partial charge in [0.05, 0.1) is 0 Å². The normalized spacial score (nSPS) is 29.1. The van der Waals surface area contributed by atoms with Crippen molar-refractivity contribution >= 4 is 0 Å². The lowest BCUT2D eigenvalue weighted by atomic mass is 9.94. The average Bonchev–Trinajstić information content (AvgIpc) is 2.76. The van der Waals surface area contributed by atoms with E-state index in [2.05, 4.69) is 24.1 Å². The molecule has 1 saturated carbocycles. The van der Waals surface area contributed by atoms with Crippen LogP contribution in [0.15, 0.2) is 0 Å². The van der Waals surface area contributed by atoms with Crippen molar-refractivity contribution in [3.05, 3.63) is 0 Å². The third kappa shape index (κ3) is 3.46. The third-order valence-electron chi connectivity index (χ3n) is 4.22. The van der Waals surface area contributed by atoms with Crippen LogP contribution in [0.5, 0.6) is 0 Å². The second-order valence-electron chi connectivity index (χ2n) is 6.00. The summed E-state index contributed by atoms with van der Waals surface area (Å²) in [6.07, 6.45) is 8.75. The van der Waals surface area contributed by atoms with Gasteiger partial charge in [0, 0.05) is 18.6 Å². The maximum Gasteiger partial charge on any atom is 0.00953 e. The van der Waals surface area contributed by atoms with E-state index in [9.17, 15) is 0 Å². The fourth-order valence-electron chi connectivity index (χ4n) is 3.21. The molecule has 0 bridgehead atoms. The SMILES string of the molecule is CC(C)NCC1CCN(C2CCCCC2)C1. The Morgan fingerprint density at radius 1 is 1.12 bits per heavy atom. The van der Waals surface area contributed by atoms with Gasteiger partial charge in [0.15, 0.2) is 0 Å². The highest BCUT2D eigenvalue weighted by atomic mass is 15.2. The van der Waals surface area contributed by atoms with Crippen LogP contribution in [-0.4, -0.2) is 36.6 Å². The van der Waals surface area contributed by atoms with Crippen LogP contribution in [-0.2, 0) is 0 Å². The Hall–Kier alpha value is -0.0800. The summed E-state index contributed by atoms with van der Waals surface area (Å²) in [4.78, 5) is 2.77. The quantitative estimate of drug-likeness (QED) is 0.790. The van der Waals surface area contributed by atoms with E-state index in [1.165, 1.54) is 58.2 Å². The maximum atomic E-state index is 3.58. The van der Waals surface area contributed by atoms with Crippen molar-refractivity contribution < 1.29 is 0 Å². The second-order valence-corrected chi connectivity index (χ2v) is 6.00. The Morgan fingerprint density at radius 3 is 2.56 bits per heavy atom. The highest BCUT2D eigenvalue weighted by Gasteiger charge is 2.28. The van der Waals surface area contributed by atoms with Crippen molar-refractivity contribution in [1.29, 1.82) is 0 Å². The van der Waals surface area contributed by atoms with Gasteiger partial charge in [0.25, 0.3) is 0 Å². The van der Waals surface area contributed by atoms with Gasteiger partial charge in [0.2, 0.25) is 0 Å². The number of nitrogens with zero attached hydrogens (tertiary/aromatic N) is 1. The Balaban J connectivity index is 1.70. The van der Waals surface area contributed by atoms with Crippen molar-refractivity contribution in [3.63, 3.8) is 0 Å². The second kappa shape index (κ2) is 6.02. The first-order valence-electron chi connectivity index (χ1n) is 7.23. The minimum Gasteiger partial charge on any atom is -0.314 e. The van der Waals surface area contributed by atoms with Gasteiger partial charge < -0.3 is 10.2 Å². The van der Waals surface area contributed by atoms with E-state index in [1.807, 2.05) is 0 Å². The van der Waals surface area contributed by atoms with Crippen LogP contribution in [0.4, 0.5) is 0 Å². The van der Waals surface area contributed by atoms with Crippen molar-refractivity contribution in [3.8, 4) is 0 Å². The van der Waals surface area contributed by atoms with E-state index in [0.29, 0.717) is 6.04 Å². The maximum absolute atomic E-state index is 3.58. The molecule has 2 fully saturated rings. The van der Waals surface area contributed by atoms with Crippen molar-refractivity contribution in [2.75, 3.05) is 19.6 Å². The fourth-order valence-corrected chi connectivity index (χ4v) is 3.21. The zero-order valence-electron chi connectivity index (χ0n) is 11.0. The predicted molar refractivity (Wildman–Crippen MR) is 69.7 cm³/mol. The first-order chi connectivity index (χ1) is 7.75. The zero-order valence-corrected chi connectivity index (χ0v) is 11.0. The van der Waals surface area contributed by atoms with Gasteiger partial charge in [-0.25, -0.2) is 0 Å². The molecule has 0 spiro atoms. The molecule has 1 aliphatic heterocycles. The van der Waals surface area contributed by atoms with Crippen LogP contribution in [0.2, 0.25) is 0 Å². The molecule has 0 aromatic carbocycles. The lowest BCUT2D eigenvalue weighted by Crippen LogP contribution is -2.36. The highest BCUT2D eigenvalue weighted by molar-refractivity contribution is 4.84. The monoisotopic (exact) mass is 224 g/mol. The predicted octanol–water partition coefficient (Wildman–Crippen LogP) is 2.64. The van der Waals surface area contributed by atoms with Gasteiger partial charge >= 0.3 is 0 Å². The van der Waals surface area contributed by atoms with Crippen LogP contribution in [0.3, 0.4) is 0 Å². The third-order valence-corrected chi connectivity index (χ3v) is 4.22. The number of hydrogen-bond donors (Lipinski definition) is 1. The molecule has 2 nitrogen and oxygen atoms in total. The molecule has 16 heavy (non-hydrogen) atoms. The van der Waals surface area contributed by atoms with Crippen molar-refractivity contribution in [1.82, 2.24) is 10.2 Å². The smallest absolute Gasteiger partial charge is 0.00953 e. The van der Waals surface area contributed by atoms with Gasteiger partial charge in [0.1, 0.15) is 0 Å². The zero-order chi connectivity index (χ0) is 11.4. The molecule has 0 aromatic rings. The average molecular weight is 224 g/mol. The first kappa shape index (κ1) is 12.4. The van der Waals surface area contributed by atoms with Gasteiger partial charge in [-0.15, -0.1) is 0 Å². The molecule has 1 aliphatic carbocycles. The van der Waals surface area contributed by atoms with Crippen LogP contribution in [0.1, 0.15) is 52.4 Å². The van der Waals surface area contributed by atoms with Crippen LogP contribution < -0.4 is 5.32 Å². The molecule has 0 radical (unpaired) electrons. The topological polar surface area (TPSA) is 15.3 Å². The summed E-state index contributed by atoms with van der Waals surface area (Å²) in [7, 11) is 0. The molecule has 2 aliphatic rings. The van der Waals surface area contributed by atoms with Gasteiger partial charge in [-0.2, -0.15) is 0 Å². The number of nitrogens with one attached hydrogen (secondary N) is 1. The van der Waals surface area contributed by atoms with E-state index in [0.717, 1.165) is 12.0 Å². The highest BCUT2D eigenvalue weighted by Crippen LogP contribution is 2.27. The first-order valence-corrected chi connectivity index (χ1v) is 7.23. The van der Waals surface area contributed by atoms with E-state index >= 15 is 0 Å². The molecule has 1 heterocycles. The van der Waals surface area contributed by atoms with E-state index in [-0.39, 0.29) is 0 Å². The van der Waals surface area contributed by atoms with Crippen LogP contribution in [0, 0.1) is 5.92 Å². The van der Waals surface area contributed by atoms with Gasteiger partial charge in [-0.1, -0.05) is 33.1 Å². The Kier molecular flexibility index (Phi) is 4.66. The van der Waals surface area contributed by atoms with Crippen LogP contribution in [0.25, 0.3) is 0 Å². The number of hydrogen-bond acceptors (Lipinski definition) is 2. The summed E-state index contributed by atoms with van der Waals surface area (Å²) in [5.74, 6) is 0.907. The lowest BCUT2D eigenvalue weighted by Gasteiger charge is -2.31. The molecule has 1 unspecified atom stereocenters. The summed E-state index contributed by atoms with van der Waals surface area (Å²) < 4.78 is 0. The summed E-state index contributed by atoms with van der Waals surface area (Å²) >= 11 is 0.